The average Bonchev–Trinajstić information content (AvgIpc) is 2.50. The lowest BCUT2D eigenvalue weighted by atomic mass is 10.2. The van der Waals surface area contributed by atoms with Crippen molar-refractivity contribution in [2.75, 3.05) is 31.1 Å². The lowest BCUT2D eigenvalue weighted by molar-refractivity contribution is 0.249. The van der Waals surface area contributed by atoms with Crippen molar-refractivity contribution in [2.24, 2.45) is 0 Å². The van der Waals surface area contributed by atoms with E-state index in [-0.39, 0.29) is 0 Å². The molecular weight excluding hydrogens is 307 g/mol. The average molecular weight is 323 g/mol. The number of aromatic nitrogens is 2. The van der Waals surface area contributed by atoms with Gasteiger partial charge in [0.2, 0.25) is 0 Å². The van der Waals surface area contributed by atoms with Crippen LogP contribution in [0.2, 0.25) is 10.2 Å². The maximum atomic E-state index is 5.91. The molecule has 6 heteroatoms. The van der Waals surface area contributed by atoms with Crippen LogP contribution < -0.4 is 4.90 Å². The highest BCUT2D eigenvalue weighted by Gasteiger charge is 2.18. The normalized spacial score (nSPS) is 16.2. The Bertz CT molecular complexity index is 595. The molecule has 1 aromatic carbocycles. The van der Waals surface area contributed by atoms with E-state index in [0.717, 1.165) is 43.6 Å². The zero-order chi connectivity index (χ0) is 14.7. The van der Waals surface area contributed by atoms with E-state index in [1.54, 1.807) is 12.4 Å². The van der Waals surface area contributed by atoms with Gasteiger partial charge in [-0.05, 0) is 17.7 Å². The first-order chi connectivity index (χ1) is 10.2. The summed E-state index contributed by atoms with van der Waals surface area (Å²) < 4.78 is 0. The molecule has 2 heterocycles. The fourth-order valence-corrected chi connectivity index (χ4v) is 2.74. The number of anilines is 1. The third-order valence-corrected chi connectivity index (χ3v) is 4.04. The van der Waals surface area contributed by atoms with Gasteiger partial charge in [0.15, 0.2) is 0 Å². The smallest absolute Gasteiger partial charge is 0.149 e. The van der Waals surface area contributed by atoms with Crippen LogP contribution >= 0.6 is 23.2 Å². The Morgan fingerprint density at radius 1 is 0.952 bits per heavy atom. The van der Waals surface area contributed by atoms with E-state index in [1.165, 1.54) is 5.56 Å². The molecule has 0 unspecified atom stereocenters. The van der Waals surface area contributed by atoms with E-state index in [9.17, 15) is 0 Å². The van der Waals surface area contributed by atoms with Crippen LogP contribution in [0.4, 0.5) is 5.82 Å². The van der Waals surface area contributed by atoms with Crippen molar-refractivity contribution in [3.05, 3.63) is 52.4 Å². The molecule has 0 atom stereocenters. The molecule has 1 aliphatic rings. The fraction of sp³-hybridized carbons (Fsp3) is 0.333. The van der Waals surface area contributed by atoms with Gasteiger partial charge in [-0.15, -0.1) is 0 Å². The molecule has 21 heavy (non-hydrogen) atoms. The second-order valence-corrected chi connectivity index (χ2v) is 5.91. The van der Waals surface area contributed by atoms with Crippen molar-refractivity contribution in [1.82, 2.24) is 14.9 Å². The minimum atomic E-state index is 0.441. The standard InChI is InChI=1S/C15H16Cl2N4/c16-13-3-1-12(2-4-13)11-20-5-7-21(8-6-20)15-10-18-9-14(17)19-15/h1-4,9-10H,5-8,11H2. The molecule has 0 saturated carbocycles. The number of halogens is 2. The van der Waals surface area contributed by atoms with Crippen LogP contribution in [0.3, 0.4) is 0 Å². The molecule has 0 spiro atoms. The highest BCUT2D eigenvalue weighted by molar-refractivity contribution is 6.30. The van der Waals surface area contributed by atoms with Gasteiger partial charge in [0, 0.05) is 37.7 Å². The lowest BCUT2D eigenvalue weighted by Crippen LogP contribution is -2.46. The van der Waals surface area contributed by atoms with Crippen molar-refractivity contribution >= 4 is 29.0 Å². The highest BCUT2D eigenvalue weighted by Crippen LogP contribution is 2.17. The number of hydrogen-bond donors (Lipinski definition) is 0. The predicted octanol–water partition coefficient (Wildman–Crippen LogP) is 3.11. The molecule has 1 saturated heterocycles. The fourth-order valence-electron chi connectivity index (χ4n) is 2.47. The molecule has 4 nitrogen and oxygen atoms in total. The quantitative estimate of drug-likeness (QED) is 0.869. The molecule has 0 amide bonds. The van der Waals surface area contributed by atoms with Crippen LogP contribution in [0.1, 0.15) is 5.56 Å². The van der Waals surface area contributed by atoms with Gasteiger partial charge >= 0.3 is 0 Å². The van der Waals surface area contributed by atoms with E-state index < -0.39 is 0 Å². The van der Waals surface area contributed by atoms with E-state index in [2.05, 4.69) is 31.9 Å². The monoisotopic (exact) mass is 322 g/mol. The number of piperazine rings is 1. The zero-order valence-corrected chi connectivity index (χ0v) is 13.1. The van der Waals surface area contributed by atoms with Gasteiger partial charge in [0.1, 0.15) is 11.0 Å². The largest absolute Gasteiger partial charge is 0.353 e. The summed E-state index contributed by atoms with van der Waals surface area (Å²) in [5.41, 5.74) is 1.29. The van der Waals surface area contributed by atoms with E-state index >= 15 is 0 Å². The van der Waals surface area contributed by atoms with Crippen LogP contribution in [-0.2, 0) is 6.54 Å². The van der Waals surface area contributed by atoms with Gasteiger partial charge in [0.05, 0.1) is 12.4 Å². The Morgan fingerprint density at radius 2 is 1.67 bits per heavy atom. The van der Waals surface area contributed by atoms with Crippen LogP contribution in [0.25, 0.3) is 0 Å². The highest BCUT2D eigenvalue weighted by atomic mass is 35.5. The summed E-state index contributed by atoms with van der Waals surface area (Å²) in [6, 6.07) is 8.04. The van der Waals surface area contributed by atoms with Gasteiger partial charge in [0.25, 0.3) is 0 Å². The van der Waals surface area contributed by atoms with Gasteiger partial charge < -0.3 is 4.90 Å². The Hall–Kier alpha value is -1.36. The minimum Gasteiger partial charge on any atom is -0.353 e. The molecule has 0 aliphatic carbocycles. The summed E-state index contributed by atoms with van der Waals surface area (Å²) in [6.45, 7) is 4.81. The molecule has 0 radical (unpaired) electrons. The Kier molecular flexibility index (Phi) is 4.58. The van der Waals surface area contributed by atoms with E-state index in [4.69, 9.17) is 23.2 Å². The maximum absolute atomic E-state index is 5.91. The number of hydrogen-bond acceptors (Lipinski definition) is 4. The summed E-state index contributed by atoms with van der Waals surface area (Å²) in [7, 11) is 0. The maximum Gasteiger partial charge on any atom is 0.149 e. The second kappa shape index (κ2) is 6.60. The summed E-state index contributed by atoms with van der Waals surface area (Å²) in [5.74, 6) is 0.855. The molecule has 1 aromatic heterocycles. The number of nitrogens with zero attached hydrogens (tertiary/aromatic N) is 4. The van der Waals surface area contributed by atoms with Crippen molar-refractivity contribution in [3.8, 4) is 0 Å². The number of benzene rings is 1. The molecule has 3 rings (SSSR count). The first-order valence-corrected chi connectivity index (χ1v) is 7.65. The number of rotatable bonds is 3. The van der Waals surface area contributed by atoms with E-state index in [1.807, 2.05) is 12.1 Å². The zero-order valence-electron chi connectivity index (χ0n) is 11.5. The van der Waals surface area contributed by atoms with Gasteiger partial charge in [-0.3, -0.25) is 9.88 Å². The molecule has 0 bridgehead atoms. The van der Waals surface area contributed by atoms with Crippen LogP contribution in [0.5, 0.6) is 0 Å². The Balaban J connectivity index is 1.56. The second-order valence-electron chi connectivity index (χ2n) is 5.09. The van der Waals surface area contributed by atoms with Gasteiger partial charge in [-0.1, -0.05) is 35.3 Å². The third kappa shape index (κ3) is 3.84. The first-order valence-electron chi connectivity index (χ1n) is 6.90. The molecular formula is C15H16Cl2N4. The van der Waals surface area contributed by atoms with Crippen molar-refractivity contribution in [3.63, 3.8) is 0 Å². The van der Waals surface area contributed by atoms with Crippen LogP contribution in [0, 0.1) is 0 Å². The summed E-state index contributed by atoms with van der Waals surface area (Å²) in [6.07, 6.45) is 3.32. The Morgan fingerprint density at radius 3 is 2.33 bits per heavy atom. The molecule has 0 N–H and O–H groups in total. The third-order valence-electron chi connectivity index (χ3n) is 3.61. The van der Waals surface area contributed by atoms with Gasteiger partial charge in [-0.2, -0.15) is 0 Å². The van der Waals surface area contributed by atoms with Crippen molar-refractivity contribution in [2.45, 2.75) is 6.54 Å². The van der Waals surface area contributed by atoms with Crippen LogP contribution in [0.15, 0.2) is 36.7 Å². The molecule has 1 fully saturated rings. The summed E-state index contributed by atoms with van der Waals surface area (Å²) in [4.78, 5) is 13.1. The van der Waals surface area contributed by atoms with Crippen molar-refractivity contribution in [1.29, 1.82) is 0 Å². The first kappa shape index (κ1) is 14.6. The molecule has 1 aliphatic heterocycles. The Labute approximate surface area is 134 Å². The van der Waals surface area contributed by atoms with Gasteiger partial charge in [-0.25, -0.2) is 4.98 Å². The van der Waals surface area contributed by atoms with E-state index in [0.29, 0.717) is 5.15 Å². The lowest BCUT2D eigenvalue weighted by Gasteiger charge is -2.35. The predicted molar refractivity (Wildman–Crippen MR) is 86.0 cm³/mol. The minimum absolute atomic E-state index is 0.441. The molecule has 110 valence electrons. The SMILES string of the molecule is Clc1ccc(CN2CCN(c3cncc(Cl)n3)CC2)cc1. The summed E-state index contributed by atoms with van der Waals surface area (Å²) >= 11 is 11.8. The summed E-state index contributed by atoms with van der Waals surface area (Å²) in [5, 5.41) is 1.22. The topological polar surface area (TPSA) is 32.3 Å². The molecule has 2 aromatic rings. The van der Waals surface area contributed by atoms with Crippen molar-refractivity contribution < 1.29 is 0 Å². The van der Waals surface area contributed by atoms with Crippen LogP contribution in [-0.4, -0.2) is 41.0 Å².